The SMILES string of the molecule is COC1CC(n2c(=S)[nH]c3cc(Cl)ccc32)C1(C)C. The number of methoxy groups -OCH3 is 1. The van der Waals surface area contributed by atoms with E-state index in [-0.39, 0.29) is 11.5 Å². The van der Waals surface area contributed by atoms with Crippen molar-refractivity contribution in [1.82, 2.24) is 9.55 Å². The molecule has 1 aromatic carbocycles. The predicted molar refractivity (Wildman–Crippen MR) is 80.4 cm³/mol. The summed E-state index contributed by atoms with van der Waals surface area (Å²) in [5.74, 6) is 0. The summed E-state index contributed by atoms with van der Waals surface area (Å²) in [5, 5.41) is 0.721. The van der Waals surface area contributed by atoms with Crippen molar-refractivity contribution >= 4 is 34.9 Å². The molecule has 3 rings (SSSR count). The predicted octanol–water partition coefficient (Wildman–Crippen LogP) is 4.34. The van der Waals surface area contributed by atoms with E-state index in [1.165, 1.54) is 0 Å². The Morgan fingerprint density at radius 2 is 2.21 bits per heavy atom. The summed E-state index contributed by atoms with van der Waals surface area (Å²) < 4.78 is 8.48. The summed E-state index contributed by atoms with van der Waals surface area (Å²) in [6.07, 6.45) is 1.28. The van der Waals surface area contributed by atoms with E-state index in [1.54, 1.807) is 7.11 Å². The second-order valence-corrected chi connectivity index (χ2v) is 6.58. The van der Waals surface area contributed by atoms with Gasteiger partial charge in [-0.05, 0) is 36.8 Å². The Morgan fingerprint density at radius 3 is 2.84 bits per heavy atom. The minimum Gasteiger partial charge on any atom is -0.381 e. The highest BCUT2D eigenvalue weighted by atomic mass is 35.5. The largest absolute Gasteiger partial charge is 0.381 e. The molecule has 3 nitrogen and oxygen atoms in total. The summed E-state index contributed by atoms with van der Waals surface area (Å²) >= 11 is 11.5. The molecule has 2 unspecified atom stereocenters. The number of nitrogens with one attached hydrogen (secondary N) is 1. The minimum absolute atomic E-state index is 0.0851. The van der Waals surface area contributed by atoms with Crippen molar-refractivity contribution in [2.24, 2.45) is 5.41 Å². The molecule has 0 radical (unpaired) electrons. The second-order valence-electron chi connectivity index (χ2n) is 5.76. The van der Waals surface area contributed by atoms with Crippen LogP contribution in [0.1, 0.15) is 26.3 Å². The van der Waals surface area contributed by atoms with Gasteiger partial charge in [-0.25, -0.2) is 0 Å². The van der Waals surface area contributed by atoms with E-state index in [0.717, 1.165) is 27.2 Å². The zero-order valence-electron chi connectivity index (χ0n) is 11.2. The Bertz CT molecular complexity index is 688. The fraction of sp³-hybridized carbons (Fsp3) is 0.500. The molecule has 1 saturated carbocycles. The van der Waals surface area contributed by atoms with E-state index in [4.69, 9.17) is 28.6 Å². The van der Waals surface area contributed by atoms with Crippen molar-refractivity contribution in [2.45, 2.75) is 32.4 Å². The highest BCUT2D eigenvalue weighted by molar-refractivity contribution is 7.71. The first-order valence-electron chi connectivity index (χ1n) is 6.37. The van der Waals surface area contributed by atoms with E-state index < -0.39 is 0 Å². The number of benzene rings is 1. The summed E-state index contributed by atoms with van der Waals surface area (Å²) in [7, 11) is 1.77. The molecular formula is C14H17ClN2OS. The molecule has 0 aliphatic heterocycles. The maximum absolute atomic E-state index is 6.03. The molecule has 1 aromatic heterocycles. The Kier molecular flexibility index (Phi) is 3.00. The lowest BCUT2D eigenvalue weighted by atomic mass is 9.64. The number of ether oxygens (including phenoxy) is 1. The van der Waals surface area contributed by atoms with Gasteiger partial charge < -0.3 is 14.3 Å². The first kappa shape index (κ1) is 13.2. The van der Waals surface area contributed by atoms with Gasteiger partial charge in [-0.2, -0.15) is 0 Å². The Balaban J connectivity index is 2.12. The van der Waals surface area contributed by atoms with Crippen LogP contribution in [0.15, 0.2) is 18.2 Å². The summed E-state index contributed by atoms with van der Waals surface area (Å²) in [4.78, 5) is 3.24. The number of hydrogen-bond donors (Lipinski definition) is 1. The number of fused-ring (bicyclic) bond motifs is 1. The second kappa shape index (κ2) is 4.33. The summed E-state index contributed by atoms with van der Waals surface area (Å²) in [6, 6.07) is 6.21. The molecule has 2 aromatic rings. The molecule has 1 fully saturated rings. The quantitative estimate of drug-likeness (QED) is 0.836. The van der Waals surface area contributed by atoms with Gasteiger partial charge in [0.1, 0.15) is 0 Å². The number of hydrogen-bond acceptors (Lipinski definition) is 2. The number of rotatable bonds is 2. The van der Waals surface area contributed by atoms with Gasteiger partial charge in [0.05, 0.1) is 17.1 Å². The molecule has 0 saturated heterocycles. The van der Waals surface area contributed by atoms with Gasteiger partial charge >= 0.3 is 0 Å². The van der Waals surface area contributed by atoms with Crippen LogP contribution in [-0.2, 0) is 4.74 Å². The van der Waals surface area contributed by atoms with Gasteiger partial charge in [0.25, 0.3) is 0 Å². The van der Waals surface area contributed by atoms with Crippen LogP contribution in [0.25, 0.3) is 11.0 Å². The number of H-pyrrole nitrogens is 1. The number of aromatic nitrogens is 2. The number of aromatic amines is 1. The van der Waals surface area contributed by atoms with Gasteiger partial charge in [0.15, 0.2) is 4.77 Å². The van der Waals surface area contributed by atoms with Crippen molar-refractivity contribution in [1.29, 1.82) is 0 Å². The van der Waals surface area contributed by atoms with Crippen molar-refractivity contribution in [3.63, 3.8) is 0 Å². The van der Waals surface area contributed by atoms with E-state index in [2.05, 4.69) is 23.4 Å². The molecule has 0 bridgehead atoms. The third kappa shape index (κ3) is 1.85. The Morgan fingerprint density at radius 1 is 1.47 bits per heavy atom. The molecule has 102 valence electrons. The van der Waals surface area contributed by atoms with E-state index >= 15 is 0 Å². The van der Waals surface area contributed by atoms with Crippen LogP contribution in [0.2, 0.25) is 5.02 Å². The average Bonchev–Trinajstić information content (AvgIpc) is 2.64. The van der Waals surface area contributed by atoms with Crippen LogP contribution < -0.4 is 0 Å². The number of imidazole rings is 1. The minimum atomic E-state index is 0.0851. The van der Waals surface area contributed by atoms with E-state index in [0.29, 0.717) is 6.04 Å². The van der Waals surface area contributed by atoms with Crippen molar-refractivity contribution in [2.75, 3.05) is 7.11 Å². The average molecular weight is 297 g/mol. The maximum Gasteiger partial charge on any atom is 0.178 e. The first-order valence-corrected chi connectivity index (χ1v) is 7.16. The van der Waals surface area contributed by atoms with Crippen LogP contribution in [-0.4, -0.2) is 22.8 Å². The van der Waals surface area contributed by atoms with Crippen LogP contribution in [0.5, 0.6) is 0 Å². The molecule has 1 aliphatic rings. The maximum atomic E-state index is 6.03. The smallest absolute Gasteiger partial charge is 0.178 e. The Labute approximate surface area is 122 Å². The normalized spacial score (nSPS) is 25.5. The van der Waals surface area contributed by atoms with Gasteiger partial charge in [-0.3, -0.25) is 0 Å². The van der Waals surface area contributed by atoms with Gasteiger partial charge in [-0.15, -0.1) is 0 Å². The van der Waals surface area contributed by atoms with Crippen molar-refractivity contribution < 1.29 is 4.74 Å². The zero-order chi connectivity index (χ0) is 13.8. The van der Waals surface area contributed by atoms with Gasteiger partial charge in [0.2, 0.25) is 0 Å². The molecule has 1 N–H and O–H groups in total. The molecule has 2 atom stereocenters. The molecule has 0 amide bonds. The molecule has 1 heterocycles. The number of halogens is 1. The fourth-order valence-electron chi connectivity index (χ4n) is 3.12. The number of nitrogens with zero attached hydrogens (tertiary/aromatic N) is 1. The molecular weight excluding hydrogens is 280 g/mol. The molecule has 0 spiro atoms. The lowest BCUT2D eigenvalue weighted by Gasteiger charge is -2.51. The van der Waals surface area contributed by atoms with E-state index in [1.807, 2.05) is 18.2 Å². The van der Waals surface area contributed by atoms with Gasteiger partial charge in [-0.1, -0.05) is 25.4 Å². The van der Waals surface area contributed by atoms with E-state index in [9.17, 15) is 0 Å². The van der Waals surface area contributed by atoms with Crippen LogP contribution in [0.3, 0.4) is 0 Å². The monoisotopic (exact) mass is 296 g/mol. The van der Waals surface area contributed by atoms with Crippen molar-refractivity contribution in [3.05, 3.63) is 28.0 Å². The van der Waals surface area contributed by atoms with Crippen molar-refractivity contribution in [3.8, 4) is 0 Å². The summed E-state index contributed by atoms with van der Waals surface area (Å²) in [6.45, 7) is 4.46. The Hall–Kier alpha value is -0.840. The zero-order valence-corrected chi connectivity index (χ0v) is 12.8. The van der Waals surface area contributed by atoms with Crippen LogP contribution in [0.4, 0.5) is 0 Å². The molecule has 19 heavy (non-hydrogen) atoms. The summed E-state index contributed by atoms with van der Waals surface area (Å²) in [5.41, 5.74) is 2.19. The van der Waals surface area contributed by atoms with Crippen LogP contribution >= 0.6 is 23.8 Å². The van der Waals surface area contributed by atoms with Crippen LogP contribution in [0, 0.1) is 10.2 Å². The molecule has 5 heteroatoms. The third-order valence-electron chi connectivity index (χ3n) is 4.40. The first-order chi connectivity index (χ1) is 8.95. The van der Waals surface area contributed by atoms with Gasteiger partial charge in [0, 0.05) is 23.6 Å². The highest BCUT2D eigenvalue weighted by Crippen LogP contribution is 2.52. The fourth-order valence-corrected chi connectivity index (χ4v) is 3.62. The standard InChI is InChI=1S/C14H17ClN2OS/c1-14(2)11(7-12(14)18-3)17-10-5-4-8(15)6-9(10)16-13(17)19/h4-6,11-12H,7H2,1-3H3,(H,16,19). The topological polar surface area (TPSA) is 29.9 Å². The highest BCUT2D eigenvalue weighted by Gasteiger charge is 2.50. The lowest BCUT2D eigenvalue weighted by molar-refractivity contribution is -0.111. The lowest BCUT2D eigenvalue weighted by Crippen LogP contribution is -2.51. The molecule has 1 aliphatic carbocycles. The third-order valence-corrected chi connectivity index (χ3v) is 4.93.